The molecule has 4 rings (SSSR count). The highest BCUT2D eigenvalue weighted by Gasteiger charge is 2.37. The van der Waals surface area contributed by atoms with Crippen molar-refractivity contribution >= 4 is 29.0 Å². The second-order valence-corrected chi connectivity index (χ2v) is 7.14. The van der Waals surface area contributed by atoms with E-state index in [-0.39, 0.29) is 17.3 Å². The molecule has 0 N–H and O–H groups in total. The van der Waals surface area contributed by atoms with E-state index in [1.807, 2.05) is 0 Å². The van der Waals surface area contributed by atoms with Crippen molar-refractivity contribution in [3.05, 3.63) is 53.1 Å². The Labute approximate surface area is 170 Å². The summed E-state index contributed by atoms with van der Waals surface area (Å²) in [5.41, 5.74) is -0.00605. The number of hydrogen-bond donors (Lipinski definition) is 0. The summed E-state index contributed by atoms with van der Waals surface area (Å²) in [6.07, 6.45) is -4.66. The lowest BCUT2D eigenvalue weighted by Crippen LogP contribution is -2.12. The zero-order valence-corrected chi connectivity index (χ0v) is 16.2. The summed E-state index contributed by atoms with van der Waals surface area (Å²) in [4.78, 5) is 0. The zero-order chi connectivity index (χ0) is 20.6. The van der Waals surface area contributed by atoms with Crippen molar-refractivity contribution in [3.63, 3.8) is 0 Å². The van der Waals surface area contributed by atoms with Crippen LogP contribution in [0.5, 0.6) is 5.75 Å². The van der Waals surface area contributed by atoms with E-state index in [4.69, 9.17) is 16.3 Å². The van der Waals surface area contributed by atoms with E-state index in [2.05, 4.69) is 25.5 Å². The molecule has 3 heterocycles. The average Bonchev–Trinajstić information content (AvgIpc) is 3.25. The van der Waals surface area contributed by atoms with Crippen LogP contribution in [-0.2, 0) is 19.8 Å². The maximum absolute atomic E-state index is 13.0. The number of nitrogens with zero attached hydrogens (tertiary/aromatic N) is 7. The van der Waals surface area contributed by atoms with Crippen LogP contribution in [0.15, 0.2) is 46.6 Å². The van der Waals surface area contributed by atoms with Gasteiger partial charge in [0.15, 0.2) is 16.6 Å². The van der Waals surface area contributed by atoms with Crippen LogP contribution >= 0.6 is 23.4 Å². The summed E-state index contributed by atoms with van der Waals surface area (Å²) in [7, 11) is 1.71. The third kappa shape index (κ3) is 3.98. The highest BCUT2D eigenvalue weighted by molar-refractivity contribution is 7.99. The van der Waals surface area contributed by atoms with Crippen molar-refractivity contribution < 1.29 is 17.9 Å². The van der Waals surface area contributed by atoms with Crippen molar-refractivity contribution in [1.82, 2.24) is 34.6 Å². The van der Waals surface area contributed by atoms with Crippen molar-refractivity contribution in [2.24, 2.45) is 7.05 Å². The van der Waals surface area contributed by atoms with Crippen LogP contribution in [0.4, 0.5) is 13.2 Å². The van der Waals surface area contributed by atoms with Crippen molar-refractivity contribution in [2.45, 2.75) is 23.0 Å². The van der Waals surface area contributed by atoms with E-state index in [1.54, 1.807) is 35.9 Å². The number of benzene rings is 1. The van der Waals surface area contributed by atoms with Gasteiger partial charge in [0.05, 0.1) is 5.02 Å². The van der Waals surface area contributed by atoms with Gasteiger partial charge in [-0.2, -0.15) is 22.8 Å². The Hall–Kier alpha value is -2.86. The lowest BCUT2D eigenvalue weighted by Gasteiger charge is -2.08. The summed E-state index contributed by atoms with van der Waals surface area (Å²) in [6.45, 7) is 0.115. The fourth-order valence-electron chi connectivity index (χ4n) is 2.36. The van der Waals surface area contributed by atoms with E-state index in [9.17, 15) is 13.2 Å². The Morgan fingerprint density at radius 3 is 2.62 bits per heavy atom. The molecule has 150 valence electrons. The number of ether oxygens (including phenoxy) is 1. The quantitative estimate of drug-likeness (QED) is 0.467. The molecule has 0 fully saturated rings. The standard InChI is InChI=1S/C16H11ClF3N7OS/c1-26-12(8-28-10-5-3-2-4-9(10)17)22-24-15(26)29-13-7-6-11-21-23-14(16(18,19)20)27(11)25-13/h2-7H,8H2,1H3. The fraction of sp³-hybridized carbons (Fsp3) is 0.188. The lowest BCUT2D eigenvalue weighted by atomic mass is 10.3. The molecule has 1 aromatic carbocycles. The molecule has 0 aliphatic heterocycles. The Balaban J connectivity index is 1.54. The SMILES string of the molecule is Cn1c(COc2ccccc2Cl)nnc1Sc1ccc2nnc(C(F)(F)F)n2n1. The summed E-state index contributed by atoms with van der Waals surface area (Å²) in [5, 5.41) is 19.9. The molecule has 0 atom stereocenters. The molecule has 13 heteroatoms. The number of alkyl halides is 3. The van der Waals surface area contributed by atoms with Gasteiger partial charge in [-0.1, -0.05) is 23.7 Å². The van der Waals surface area contributed by atoms with Gasteiger partial charge in [-0.15, -0.1) is 20.4 Å². The Morgan fingerprint density at radius 1 is 1.07 bits per heavy atom. The first kappa shape index (κ1) is 19.5. The van der Waals surface area contributed by atoms with E-state index in [0.29, 0.717) is 26.3 Å². The van der Waals surface area contributed by atoms with Gasteiger partial charge >= 0.3 is 6.18 Å². The molecule has 0 aliphatic carbocycles. The van der Waals surface area contributed by atoms with Crippen LogP contribution < -0.4 is 4.74 Å². The minimum absolute atomic E-state index is 0.00605. The van der Waals surface area contributed by atoms with Gasteiger partial charge in [0.1, 0.15) is 17.4 Å². The van der Waals surface area contributed by atoms with Gasteiger partial charge in [-0.05, 0) is 36.0 Å². The first-order valence-electron chi connectivity index (χ1n) is 8.06. The van der Waals surface area contributed by atoms with Crippen molar-refractivity contribution in [1.29, 1.82) is 0 Å². The molecule has 8 nitrogen and oxygen atoms in total. The highest BCUT2D eigenvalue weighted by Crippen LogP contribution is 2.30. The van der Waals surface area contributed by atoms with Crippen molar-refractivity contribution in [3.8, 4) is 5.75 Å². The number of hydrogen-bond acceptors (Lipinski definition) is 7. The van der Waals surface area contributed by atoms with Gasteiger partial charge < -0.3 is 9.30 Å². The molecule has 3 aromatic heterocycles. The number of halogens is 4. The Morgan fingerprint density at radius 2 is 1.86 bits per heavy atom. The maximum atomic E-state index is 13.0. The van der Waals surface area contributed by atoms with Gasteiger partial charge in [0.25, 0.3) is 5.82 Å². The second-order valence-electron chi connectivity index (χ2n) is 5.74. The van der Waals surface area contributed by atoms with Crippen LogP contribution in [0.1, 0.15) is 11.6 Å². The third-order valence-electron chi connectivity index (χ3n) is 3.81. The van der Waals surface area contributed by atoms with Crippen LogP contribution in [0.3, 0.4) is 0 Å². The molecule has 4 aromatic rings. The molecule has 0 amide bonds. The average molecular weight is 442 g/mol. The van der Waals surface area contributed by atoms with Crippen LogP contribution in [0.2, 0.25) is 5.02 Å². The number of para-hydroxylation sites is 1. The molecule has 29 heavy (non-hydrogen) atoms. The van der Waals surface area contributed by atoms with Gasteiger partial charge in [-0.25, -0.2) is 0 Å². The number of fused-ring (bicyclic) bond motifs is 1. The van der Waals surface area contributed by atoms with Crippen LogP contribution in [-0.4, -0.2) is 34.6 Å². The summed E-state index contributed by atoms with van der Waals surface area (Å²) < 4.78 is 47.0. The highest BCUT2D eigenvalue weighted by atomic mass is 35.5. The molecule has 0 saturated heterocycles. The minimum Gasteiger partial charge on any atom is -0.484 e. The molecule has 0 spiro atoms. The first-order chi connectivity index (χ1) is 13.8. The van der Waals surface area contributed by atoms with Crippen LogP contribution in [0, 0.1) is 0 Å². The molecule has 0 saturated carbocycles. The number of aromatic nitrogens is 7. The monoisotopic (exact) mass is 441 g/mol. The summed E-state index contributed by atoms with van der Waals surface area (Å²) >= 11 is 7.10. The van der Waals surface area contributed by atoms with Gasteiger partial charge in [0.2, 0.25) is 0 Å². The zero-order valence-electron chi connectivity index (χ0n) is 14.6. The van der Waals surface area contributed by atoms with Crippen molar-refractivity contribution in [2.75, 3.05) is 0 Å². The van der Waals surface area contributed by atoms with Gasteiger partial charge in [0, 0.05) is 7.05 Å². The van der Waals surface area contributed by atoms with E-state index >= 15 is 0 Å². The third-order valence-corrected chi connectivity index (χ3v) is 5.08. The molecular formula is C16H11ClF3N7OS. The molecule has 0 radical (unpaired) electrons. The lowest BCUT2D eigenvalue weighted by molar-refractivity contribution is -0.146. The number of rotatable bonds is 5. The summed E-state index contributed by atoms with van der Waals surface area (Å²) in [6, 6.07) is 9.94. The predicted molar refractivity (Wildman–Crippen MR) is 96.7 cm³/mol. The van der Waals surface area contributed by atoms with Gasteiger partial charge in [-0.3, -0.25) is 0 Å². The normalized spacial score (nSPS) is 11.9. The molecule has 0 aliphatic rings. The molecule has 0 unspecified atom stereocenters. The van der Waals surface area contributed by atoms with E-state index in [0.717, 1.165) is 11.8 Å². The first-order valence-corrected chi connectivity index (χ1v) is 9.25. The minimum atomic E-state index is -4.66. The Bertz CT molecular complexity index is 1180. The predicted octanol–water partition coefficient (Wildman–Crippen LogP) is 3.66. The summed E-state index contributed by atoms with van der Waals surface area (Å²) in [5.74, 6) is -0.179. The smallest absolute Gasteiger partial charge is 0.453 e. The van der Waals surface area contributed by atoms with Crippen LogP contribution in [0.25, 0.3) is 5.65 Å². The van der Waals surface area contributed by atoms with E-state index < -0.39 is 12.0 Å². The Kier molecular flexibility index (Phi) is 5.04. The van der Waals surface area contributed by atoms with E-state index in [1.165, 1.54) is 12.1 Å². The largest absolute Gasteiger partial charge is 0.484 e. The second kappa shape index (κ2) is 7.52. The fourth-order valence-corrected chi connectivity index (χ4v) is 3.32. The molecular weight excluding hydrogens is 431 g/mol. The molecule has 0 bridgehead atoms. The maximum Gasteiger partial charge on any atom is 0.453 e. The topological polar surface area (TPSA) is 83.0 Å².